The highest BCUT2D eigenvalue weighted by Gasteiger charge is 2.49. The molecular weight excluding hydrogens is 426 g/mol. The molecule has 0 bridgehead atoms. The number of carboxylic acid groups (broad SMARTS) is 1. The van der Waals surface area contributed by atoms with E-state index in [0.29, 0.717) is 18.9 Å². The van der Waals surface area contributed by atoms with Crippen molar-refractivity contribution in [1.82, 2.24) is 14.7 Å². The third-order valence-corrected chi connectivity index (χ3v) is 8.00. The largest absolute Gasteiger partial charge is 0.476 e. The Labute approximate surface area is 190 Å². The fourth-order valence-electron chi connectivity index (χ4n) is 4.68. The molecule has 0 radical (unpaired) electrons. The second kappa shape index (κ2) is 8.26. The van der Waals surface area contributed by atoms with E-state index in [2.05, 4.69) is 26.8 Å². The predicted octanol–water partition coefficient (Wildman–Crippen LogP) is 2.98. The van der Waals surface area contributed by atoms with E-state index >= 15 is 0 Å². The molecule has 2 aliphatic rings. The summed E-state index contributed by atoms with van der Waals surface area (Å²) in [7, 11) is -1.20. The molecule has 2 atom stereocenters. The predicted molar refractivity (Wildman–Crippen MR) is 122 cm³/mol. The van der Waals surface area contributed by atoms with Crippen LogP contribution in [0.5, 0.6) is 0 Å². The highest BCUT2D eigenvalue weighted by Crippen LogP contribution is 2.52. The van der Waals surface area contributed by atoms with Crippen LogP contribution in [0.2, 0.25) is 0 Å². The summed E-state index contributed by atoms with van der Waals surface area (Å²) in [6, 6.07) is 10.3. The molecule has 2 N–H and O–H groups in total. The van der Waals surface area contributed by atoms with Gasteiger partial charge in [-0.1, -0.05) is 24.3 Å². The topological polar surface area (TPSA) is 119 Å². The summed E-state index contributed by atoms with van der Waals surface area (Å²) in [6.45, 7) is 7.22. The number of carboxylic acids is 1. The first kappa shape index (κ1) is 22.4. The molecular formula is C23H27N5O3S. The summed E-state index contributed by atoms with van der Waals surface area (Å²) in [5, 5.41) is 18.6. The van der Waals surface area contributed by atoms with E-state index in [9.17, 15) is 14.3 Å². The number of piperidine rings is 1. The molecule has 9 heteroatoms. The van der Waals surface area contributed by atoms with Crippen LogP contribution in [-0.2, 0) is 17.4 Å². The fraction of sp³-hybridized carbons (Fsp3) is 0.478. The lowest BCUT2D eigenvalue weighted by molar-refractivity contribution is 0.0690. The third-order valence-electron chi connectivity index (χ3n) is 6.44. The molecule has 1 spiro atoms. The molecule has 1 aromatic carbocycles. The molecule has 1 aliphatic heterocycles. The molecule has 32 heavy (non-hydrogen) atoms. The highest BCUT2D eigenvalue weighted by molar-refractivity contribution is 7.84. The van der Waals surface area contributed by atoms with Gasteiger partial charge in [0.2, 0.25) is 0 Å². The molecule has 0 saturated carbocycles. The van der Waals surface area contributed by atoms with Crippen molar-refractivity contribution in [2.24, 2.45) is 5.41 Å². The van der Waals surface area contributed by atoms with Crippen molar-refractivity contribution in [3.8, 4) is 6.07 Å². The van der Waals surface area contributed by atoms with Crippen LogP contribution in [0.4, 0.5) is 5.82 Å². The van der Waals surface area contributed by atoms with Crippen molar-refractivity contribution in [1.29, 1.82) is 5.26 Å². The number of aromatic nitrogens is 2. The zero-order valence-electron chi connectivity index (χ0n) is 18.5. The minimum Gasteiger partial charge on any atom is -0.476 e. The molecule has 1 saturated heterocycles. The Hall–Kier alpha value is -2.83. The summed E-state index contributed by atoms with van der Waals surface area (Å²) >= 11 is 0. The van der Waals surface area contributed by atoms with Gasteiger partial charge in [-0.2, -0.15) is 5.26 Å². The maximum atomic E-state index is 13.0. The molecule has 2 heterocycles. The van der Waals surface area contributed by atoms with Gasteiger partial charge in [0, 0.05) is 13.1 Å². The van der Waals surface area contributed by atoms with E-state index in [1.54, 1.807) is 0 Å². The second-order valence-corrected chi connectivity index (χ2v) is 11.5. The van der Waals surface area contributed by atoms with Crippen molar-refractivity contribution in [3.63, 3.8) is 0 Å². The molecule has 168 valence electrons. The first-order valence-electron chi connectivity index (χ1n) is 10.7. The average Bonchev–Trinajstić information content (AvgIpc) is 3.06. The van der Waals surface area contributed by atoms with Crippen molar-refractivity contribution < 1.29 is 14.1 Å². The molecule has 8 nitrogen and oxygen atoms in total. The van der Waals surface area contributed by atoms with Gasteiger partial charge in [0.05, 0.1) is 28.0 Å². The first-order chi connectivity index (χ1) is 15.1. The zero-order chi connectivity index (χ0) is 23.1. The number of rotatable bonds is 4. The van der Waals surface area contributed by atoms with E-state index in [-0.39, 0.29) is 27.6 Å². The van der Waals surface area contributed by atoms with Crippen LogP contribution in [0.3, 0.4) is 0 Å². The molecule has 1 fully saturated rings. The Balaban J connectivity index is 1.59. The van der Waals surface area contributed by atoms with Gasteiger partial charge in [0.25, 0.3) is 0 Å². The molecule has 2 aromatic rings. The lowest BCUT2D eigenvalue weighted by atomic mass is 9.73. The highest BCUT2D eigenvalue weighted by atomic mass is 32.2. The van der Waals surface area contributed by atoms with Crippen LogP contribution in [0.25, 0.3) is 0 Å². The number of benzene rings is 1. The quantitative estimate of drug-likeness (QED) is 0.730. The van der Waals surface area contributed by atoms with Crippen LogP contribution in [0.15, 0.2) is 30.5 Å². The smallest absolute Gasteiger partial charge is 0.356 e. The van der Waals surface area contributed by atoms with E-state index in [4.69, 9.17) is 5.11 Å². The fourth-order valence-corrected chi connectivity index (χ4v) is 5.63. The second-order valence-electron chi connectivity index (χ2n) is 9.50. The standard InChI is InChI=1S/C23H27N5O3S/c1-22(2,3)32(31)27-19-16-7-5-4-6-15(16)12-23(19)8-10-28(11-9-23)20-17(13-24)26-18(14-25-20)21(29)30/h4-7,14,19,27H,8-12H2,1-3H3,(H,29,30)/t19?,32-/m1/s1. The summed E-state index contributed by atoms with van der Waals surface area (Å²) in [4.78, 5) is 21.4. The minimum absolute atomic E-state index is 0.0168. The number of nitrogens with one attached hydrogen (secondary N) is 1. The monoisotopic (exact) mass is 453 g/mol. The number of hydrogen-bond donors (Lipinski definition) is 2. The molecule has 1 aromatic heterocycles. The van der Waals surface area contributed by atoms with E-state index in [0.717, 1.165) is 19.3 Å². The van der Waals surface area contributed by atoms with Gasteiger partial charge in [-0.15, -0.1) is 0 Å². The Morgan fingerprint density at radius 3 is 2.62 bits per heavy atom. The van der Waals surface area contributed by atoms with Crippen molar-refractivity contribution >= 4 is 22.8 Å². The van der Waals surface area contributed by atoms with Gasteiger partial charge in [-0.05, 0) is 56.6 Å². The normalized spacial score (nSPS) is 20.6. The third kappa shape index (κ3) is 4.00. The Kier molecular flexibility index (Phi) is 5.77. The van der Waals surface area contributed by atoms with Crippen molar-refractivity contribution in [2.75, 3.05) is 18.0 Å². The zero-order valence-corrected chi connectivity index (χ0v) is 19.3. The summed E-state index contributed by atoms with van der Waals surface area (Å²) in [6.07, 6.45) is 3.76. The van der Waals surface area contributed by atoms with Crippen LogP contribution >= 0.6 is 0 Å². The van der Waals surface area contributed by atoms with E-state index in [1.807, 2.05) is 43.9 Å². The van der Waals surface area contributed by atoms with Gasteiger partial charge in [0.1, 0.15) is 6.07 Å². The number of nitriles is 1. The summed E-state index contributed by atoms with van der Waals surface area (Å²) in [5.74, 6) is -0.784. The number of nitrogens with zero attached hydrogens (tertiary/aromatic N) is 4. The van der Waals surface area contributed by atoms with Gasteiger partial charge in [-0.25, -0.2) is 23.7 Å². The van der Waals surface area contributed by atoms with Crippen molar-refractivity contribution in [3.05, 3.63) is 53.0 Å². The van der Waals surface area contributed by atoms with Crippen LogP contribution in [-0.4, -0.2) is 43.1 Å². The van der Waals surface area contributed by atoms with Gasteiger partial charge in [0.15, 0.2) is 17.2 Å². The number of aromatic carboxylic acids is 1. The van der Waals surface area contributed by atoms with Gasteiger partial charge in [-0.3, -0.25) is 0 Å². The van der Waals surface area contributed by atoms with E-state index < -0.39 is 17.0 Å². The Morgan fingerprint density at radius 2 is 2.00 bits per heavy atom. The molecule has 1 unspecified atom stereocenters. The summed E-state index contributed by atoms with van der Waals surface area (Å²) in [5.41, 5.74) is 2.20. The number of anilines is 1. The lowest BCUT2D eigenvalue weighted by Crippen LogP contribution is -2.48. The van der Waals surface area contributed by atoms with Crippen molar-refractivity contribution in [2.45, 2.75) is 50.8 Å². The average molecular weight is 454 g/mol. The van der Waals surface area contributed by atoms with Gasteiger partial charge < -0.3 is 10.0 Å². The lowest BCUT2D eigenvalue weighted by Gasteiger charge is -2.44. The number of fused-ring (bicyclic) bond motifs is 1. The maximum absolute atomic E-state index is 13.0. The van der Waals surface area contributed by atoms with Crippen LogP contribution in [0, 0.1) is 16.7 Å². The Bertz CT molecular complexity index is 1110. The maximum Gasteiger partial charge on any atom is 0.356 e. The first-order valence-corrected chi connectivity index (χ1v) is 11.8. The molecule has 0 amide bonds. The molecule has 1 aliphatic carbocycles. The summed E-state index contributed by atoms with van der Waals surface area (Å²) < 4.78 is 16.1. The minimum atomic E-state index is -1.21. The van der Waals surface area contributed by atoms with Gasteiger partial charge >= 0.3 is 5.97 Å². The molecule has 4 rings (SSSR count). The van der Waals surface area contributed by atoms with Crippen LogP contribution < -0.4 is 9.62 Å². The SMILES string of the molecule is CC(C)(C)[S@@](=O)NC1c2ccccc2CC12CCN(c1ncc(C(=O)O)nc1C#N)CC2. The van der Waals surface area contributed by atoms with E-state index in [1.165, 1.54) is 17.3 Å². The number of carbonyl (C=O) groups is 1. The number of hydrogen-bond acceptors (Lipinski definition) is 6. The van der Waals surface area contributed by atoms with Crippen LogP contribution in [0.1, 0.15) is 67.0 Å². The Morgan fingerprint density at radius 1 is 1.31 bits per heavy atom.